The summed E-state index contributed by atoms with van der Waals surface area (Å²) in [6.07, 6.45) is -2.33. The number of alkyl halides is 3. The van der Waals surface area contributed by atoms with Crippen LogP contribution >= 0.6 is 11.3 Å². The van der Waals surface area contributed by atoms with E-state index in [2.05, 4.69) is 50.8 Å². The molecule has 2 aromatic carbocycles. The monoisotopic (exact) mass is 1120 g/mol. The van der Waals surface area contributed by atoms with Crippen molar-refractivity contribution in [2.75, 3.05) is 87.3 Å². The highest BCUT2D eigenvalue weighted by molar-refractivity contribution is 7.13. The average molecular weight is 1120 g/mol. The Morgan fingerprint density at radius 3 is 2.25 bits per heavy atom. The maximum absolute atomic E-state index is 14.3. The fraction of sp³-hybridized carbons (Fsp3) is 0.421. The van der Waals surface area contributed by atoms with E-state index in [4.69, 9.17) is 14.5 Å². The maximum atomic E-state index is 14.3. The van der Waals surface area contributed by atoms with E-state index in [1.807, 2.05) is 71.9 Å². The number of hydrogen-bond acceptors (Lipinski definition) is 16. The van der Waals surface area contributed by atoms with E-state index < -0.39 is 59.0 Å². The zero-order valence-corrected chi connectivity index (χ0v) is 46.2. The number of anilines is 3. The van der Waals surface area contributed by atoms with Gasteiger partial charge in [-0.25, -0.2) is 9.97 Å². The van der Waals surface area contributed by atoms with Crippen LogP contribution in [0.5, 0.6) is 5.88 Å². The van der Waals surface area contributed by atoms with Crippen LogP contribution in [0, 0.1) is 19.3 Å². The summed E-state index contributed by atoms with van der Waals surface area (Å²) >= 11 is 1.56. The molecule has 422 valence electrons. The second-order valence-electron chi connectivity index (χ2n) is 21.3. The standard InChI is InChI=1S/C57H65F3N12O7S/c1-34(37-10-12-38(13-11-37)49-36(3)63-33-80-49)64-53(76)46-29-43(73)32-72(46)55(77)50(56(4,5)6)66-52(75)45-14-15-48(68-67-45)71-18-16-69(17-19-71)20-25-79-54-47(70-21-23-78-24-22-70)27-40(30-62-54)44-28-42(31-61-35(44)2)65-51(74)39-8-7-9-41(26-39)57(58,59)60/h7-15,26-28,30-31,33-34,43,46,50,73H,16-25,29,32H2,1-6H3,(H,64,76)(H,65,74)(H,66,75)/t34-,43+,46-,50-/m0/s1. The van der Waals surface area contributed by atoms with Gasteiger partial charge in [-0.05, 0) is 79.8 Å². The quantitative estimate of drug-likeness (QED) is 0.0769. The molecule has 4 amide bonds. The highest BCUT2D eigenvalue weighted by atomic mass is 32.1. The van der Waals surface area contributed by atoms with Crippen LogP contribution in [0.15, 0.2) is 90.7 Å². The van der Waals surface area contributed by atoms with Crippen molar-refractivity contribution in [2.45, 2.75) is 78.4 Å². The molecule has 0 bridgehead atoms. The lowest BCUT2D eigenvalue weighted by atomic mass is 9.85. The van der Waals surface area contributed by atoms with Gasteiger partial charge in [-0.1, -0.05) is 51.1 Å². The van der Waals surface area contributed by atoms with Crippen molar-refractivity contribution in [3.05, 3.63) is 124 Å². The first kappa shape index (κ1) is 57.1. The molecule has 3 aliphatic heterocycles. The molecule has 4 atom stereocenters. The lowest BCUT2D eigenvalue weighted by molar-refractivity contribution is -0.142. The predicted molar refractivity (Wildman–Crippen MR) is 296 cm³/mol. The molecule has 80 heavy (non-hydrogen) atoms. The van der Waals surface area contributed by atoms with E-state index in [1.54, 1.807) is 41.2 Å². The van der Waals surface area contributed by atoms with Gasteiger partial charge in [0.15, 0.2) is 11.5 Å². The molecule has 3 saturated heterocycles. The molecule has 0 saturated carbocycles. The molecule has 23 heteroatoms. The predicted octanol–water partition coefficient (Wildman–Crippen LogP) is 6.97. The molecule has 0 radical (unpaired) electrons. The van der Waals surface area contributed by atoms with E-state index in [9.17, 15) is 37.5 Å². The number of aromatic nitrogens is 5. The second kappa shape index (κ2) is 24.4. The summed E-state index contributed by atoms with van der Waals surface area (Å²) in [4.78, 5) is 77.4. The molecule has 3 aliphatic rings. The smallest absolute Gasteiger partial charge is 0.416 e. The summed E-state index contributed by atoms with van der Waals surface area (Å²) in [6.45, 7) is 16.9. The lowest BCUT2D eigenvalue weighted by Gasteiger charge is -2.35. The summed E-state index contributed by atoms with van der Waals surface area (Å²) in [5.41, 5.74) is 5.95. The van der Waals surface area contributed by atoms with Gasteiger partial charge in [-0.3, -0.25) is 29.1 Å². The third kappa shape index (κ3) is 13.5. The number of carbonyl (C=O) groups is 4. The summed E-state index contributed by atoms with van der Waals surface area (Å²) in [6, 6.07) is 16.7. The number of piperazine rings is 1. The SMILES string of the molecule is Cc1ncc(NC(=O)c2cccc(C(F)(F)F)c2)cc1-c1cnc(OCCN2CCN(c3ccc(C(=O)N[C@@H](C(=O)N4C[C@H](O)C[C@H]4C(=O)N[C@@H](C)c4ccc(-c5scnc5C)cc4)C(C)(C)C)nn3)CC2)c(N2CCOCC2)c1. The molecule has 19 nitrogen and oxygen atoms in total. The first-order chi connectivity index (χ1) is 38.2. The van der Waals surface area contributed by atoms with Gasteiger partial charge in [-0.2, -0.15) is 13.2 Å². The van der Waals surface area contributed by atoms with Crippen LogP contribution in [0.1, 0.15) is 83.5 Å². The number of likely N-dealkylation sites (tertiary alicyclic amines) is 1. The molecular weight excluding hydrogens is 1050 g/mol. The third-order valence-electron chi connectivity index (χ3n) is 14.5. The number of rotatable bonds is 16. The zero-order chi connectivity index (χ0) is 56.9. The Labute approximate surface area is 465 Å². The molecule has 6 aromatic rings. The van der Waals surface area contributed by atoms with E-state index in [0.29, 0.717) is 99.8 Å². The van der Waals surface area contributed by atoms with Crippen LogP contribution in [0.4, 0.5) is 30.4 Å². The molecule has 0 unspecified atom stereocenters. The van der Waals surface area contributed by atoms with Gasteiger partial charge in [-0.15, -0.1) is 21.5 Å². The molecule has 0 aliphatic carbocycles. The first-order valence-corrected chi connectivity index (χ1v) is 27.4. The number of halogens is 3. The number of hydrogen-bond donors (Lipinski definition) is 4. The molecule has 4 aromatic heterocycles. The summed E-state index contributed by atoms with van der Waals surface area (Å²) in [5, 5.41) is 28.0. The minimum absolute atomic E-state index is 0.0204. The van der Waals surface area contributed by atoms with Gasteiger partial charge >= 0.3 is 6.18 Å². The number of ether oxygens (including phenoxy) is 2. The van der Waals surface area contributed by atoms with Gasteiger partial charge in [0.1, 0.15) is 24.4 Å². The number of aliphatic hydroxyl groups is 1. The van der Waals surface area contributed by atoms with Crippen molar-refractivity contribution in [3.63, 3.8) is 0 Å². The van der Waals surface area contributed by atoms with Gasteiger partial charge in [0.05, 0.1) is 58.9 Å². The van der Waals surface area contributed by atoms with Gasteiger partial charge in [0, 0.05) is 87.4 Å². The Bertz CT molecular complexity index is 3180. The van der Waals surface area contributed by atoms with Crippen molar-refractivity contribution in [3.8, 4) is 27.4 Å². The molecular formula is C57H65F3N12O7S. The number of pyridine rings is 2. The number of carbonyl (C=O) groups excluding carboxylic acids is 4. The Kier molecular flexibility index (Phi) is 17.4. The van der Waals surface area contributed by atoms with Gasteiger partial charge in [0.2, 0.25) is 17.7 Å². The second-order valence-corrected chi connectivity index (χ2v) is 22.1. The Morgan fingerprint density at radius 1 is 0.825 bits per heavy atom. The highest BCUT2D eigenvalue weighted by Gasteiger charge is 2.45. The lowest BCUT2D eigenvalue weighted by Crippen LogP contribution is -2.58. The van der Waals surface area contributed by atoms with E-state index in [-0.39, 0.29) is 30.3 Å². The van der Waals surface area contributed by atoms with Crippen LogP contribution in [0.2, 0.25) is 0 Å². The van der Waals surface area contributed by atoms with Gasteiger partial charge < -0.3 is 45.2 Å². The first-order valence-electron chi connectivity index (χ1n) is 26.5. The molecule has 3 fully saturated rings. The van der Waals surface area contributed by atoms with Crippen molar-refractivity contribution in [2.24, 2.45) is 5.41 Å². The molecule has 0 spiro atoms. The number of morpholine rings is 1. The number of aliphatic hydroxyl groups excluding tert-OH is 1. The van der Waals surface area contributed by atoms with Crippen molar-refractivity contribution in [1.29, 1.82) is 0 Å². The molecule has 9 rings (SSSR count). The third-order valence-corrected chi connectivity index (χ3v) is 15.5. The van der Waals surface area contributed by atoms with Crippen LogP contribution in [-0.2, 0) is 20.5 Å². The molecule has 7 heterocycles. The number of thiazole rings is 1. The summed E-state index contributed by atoms with van der Waals surface area (Å²) in [7, 11) is 0. The summed E-state index contributed by atoms with van der Waals surface area (Å²) < 4.78 is 52.1. The number of nitrogens with one attached hydrogen (secondary N) is 3. The van der Waals surface area contributed by atoms with E-state index in [0.717, 1.165) is 39.5 Å². The van der Waals surface area contributed by atoms with Crippen LogP contribution in [0.25, 0.3) is 21.6 Å². The topological polar surface area (TPSA) is 220 Å². The molecule has 4 N–H and O–H groups in total. The van der Waals surface area contributed by atoms with Gasteiger partial charge in [0.25, 0.3) is 11.8 Å². The van der Waals surface area contributed by atoms with Crippen molar-refractivity contribution in [1.82, 2.24) is 45.6 Å². The van der Waals surface area contributed by atoms with Crippen LogP contribution in [0.3, 0.4) is 0 Å². The number of β-amino-alcohol motifs (C(OH)–C–C–N with tert-alkyl or cyclic N) is 1. The fourth-order valence-corrected chi connectivity index (χ4v) is 10.8. The Hall–Kier alpha value is -7.60. The average Bonchev–Trinajstić information content (AvgIpc) is 4.13. The number of aryl methyl sites for hydroxylation is 2. The number of nitrogens with zero attached hydrogens (tertiary/aromatic N) is 9. The zero-order valence-electron chi connectivity index (χ0n) is 45.4. The van der Waals surface area contributed by atoms with Crippen LogP contribution in [-0.4, -0.2) is 154 Å². The fourth-order valence-electron chi connectivity index (χ4n) is 9.97. The maximum Gasteiger partial charge on any atom is 0.416 e. The van der Waals surface area contributed by atoms with E-state index >= 15 is 0 Å². The summed E-state index contributed by atoms with van der Waals surface area (Å²) in [5.74, 6) is -1.15. The normalized spacial score (nSPS) is 17.9. The van der Waals surface area contributed by atoms with Crippen LogP contribution < -0.4 is 30.5 Å². The van der Waals surface area contributed by atoms with Crippen molar-refractivity contribution >= 4 is 52.2 Å². The van der Waals surface area contributed by atoms with Crippen molar-refractivity contribution < 1.29 is 46.9 Å². The number of amides is 4. The largest absolute Gasteiger partial charge is 0.475 e. The Morgan fingerprint density at radius 2 is 1.57 bits per heavy atom. The Balaban J connectivity index is 0.775. The minimum atomic E-state index is -4.59. The highest BCUT2D eigenvalue weighted by Crippen LogP contribution is 2.36. The minimum Gasteiger partial charge on any atom is -0.475 e. The number of benzene rings is 2. The van der Waals surface area contributed by atoms with E-state index in [1.165, 1.54) is 23.2 Å².